The third kappa shape index (κ3) is 5.40. The number of hydrogen-bond donors (Lipinski definition) is 2. The van der Waals surface area contributed by atoms with Gasteiger partial charge in [-0.3, -0.25) is 9.78 Å². The molecule has 1 aromatic heterocycles. The van der Waals surface area contributed by atoms with Gasteiger partial charge in [0, 0.05) is 18.8 Å². The fourth-order valence-corrected chi connectivity index (χ4v) is 1.75. The van der Waals surface area contributed by atoms with E-state index >= 15 is 0 Å². The molecule has 0 saturated carbocycles. The molecule has 0 aliphatic heterocycles. The second kappa shape index (κ2) is 6.96. The molecule has 1 heterocycles. The molecule has 0 aliphatic rings. The average Bonchev–Trinajstić information content (AvgIpc) is 2.28. The summed E-state index contributed by atoms with van der Waals surface area (Å²) in [6, 6.07) is 0. The highest BCUT2D eigenvalue weighted by Gasteiger charge is 2.14. The molecule has 5 heteroatoms. The lowest BCUT2D eigenvalue weighted by molar-refractivity contribution is -0.117. The van der Waals surface area contributed by atoms with E-state index in [0.717, 1.165) is 6.42 Å². The number of anilines is 1. The van der Waals surface area contributed by atoms with Crippen molar-refractivity contribution in [3.05, 3.63) is 18.6 Å². The van der Waals surface area contributed by atoms with Crippen molar-refractivity contribution < 1.29 is 4.79 Å². The molecule has 1 aromatic rings. The van der Waals surface area contributed by atoms with Gasteiger partial charge in [-0.15, -0.1) is 0 Å². The van der Waals surface area contributed by atoms with Gasteiger partial charge in [0.05, 0.1) is 6.20 Å². The molecule has 0 aromatic carbocycles. The zero-order chi connectivity index (χ0) is 12.7. The molecule has 17 heavy (non-hydrogen) atoms. The van der Waals surface area contributed by atoms with Crippen LogP contribution in [-0.4, -0.2) is 22.4 Å². The summed E-state index contributed by atoms with van der Waals surface area (Å²) in [5.41, 5.74) is 5.65. The molecular weight excluding hydrogens is 216 g/mol. The van der Waals surface area contributed by atoms with E-state index in [-0.39, 0.29) is 11.8 Å². The highest BCUT2D eigenvalue weighted by Crippen LogP contribution is 2.14. The van der Waals surface area contributed by atoms with Crippen molar-refractivity contribution in [2.45, 2.75) is 26.7 Å². The van der Waals surface area contributed by atoms with E-state index in [2.05, 4.69) is 29.1 Å². The van der Waals surface area contributed by atoms with Crippen molar-refractivity contribution in [3.63, 3.8) is 0 Å². The van der Waals surface area contributed by atoms with Crippen molar-refractivity contribution in [3.8, 4) is 0 Å². The summed E-state index contributed by atoms with van der Waals surface area (Å²) in [6.45, 7) is 4.79. The van der Waals surface area contributed by atoms with Crippen LogP contribution in [0.5, 0.6) is 0 Å². The van der Waals surface area contributed by atoms with Crippen LogP contribution in [0.2, 0.25) is 0 Å². The smallest absolute Gasteiger partial charge is 0.225 e. The van der Waals surface area contributed by atoms with Crippen molar-refractivity contribution in [2.75, 3.05) is 11.9 Å². The molecule has 0 unspecified atom stereocenters. The summed E-state index contributed by atoms with van der Waals surface area (Å²) in [6.07, 6.45) is 6.04. The first-order chi connectivity index (χ1) is 8.11. The molecule has 1 atom stereocenters. The standard InChI is InChI=1S/C12H20N4O/c1-9(2)5-10(7-13)6-12(17)16-11-8-14-3-4-15-11/h3-4,8-10H,5-7,13H2,1-2H3,(H,15,16,17)/t10-/m0/s1. The molecule has 0 radical (unpaired) electrons. The summed E-state index contributed by atoms with van der Waals surface area (Å²) >= 11 is 0. The van der Waals surface area contributed by atoms with Gasteiger partial charge in [-0.2, -0.15) is 0 Å². The fraction of sp³-hybridized carbons (Fsp3) is 0.583. The van der Waals surface area contributed by atoms with Gasteiger partial charge in [0.15, 0.2) is 5.82 Å². The number of carbonyl (C=O) groups excluding carboxylic acids is 1. The average molecular weight is 236 g/mol. The van der Waals surface area contributed by atoms with Gasteiger partial charge < -0.3 is 11.1 Å². The molecule has 1 rings (SSSR count). The molecule has 0 saturated heterocycles. The predicted octanol–water partition coefficient (Wildman–Crippen LogP) is 1.43. The first-order valence-electron chi connectivity index (χ1n) is 5.87. The third-order valence-corrected chi connectivity index (χ3v) is 2.44. The van der Waals surface area contributed by atoms with Crippen LogP contribution in [0.15, 0.2) is 18.6 Å². The van der Waals surface area contributed by atoms with Crippen LogP contribution in [0.3, 0.4) is 0 Å². The Labute approximate surface area is 102 Å². The predicted molar refractivity (Wildman–Crippen MR) is 67.3 cm³/mol. The first-order valence-corrected chi connectivity index (χ1v) is 5.87. The number of nitrogens with one attached hydrogen (secondary N) is 1. The van der Waals surface area contributed by atoms with Gasteiger partial charge in [0.2, 0.25) is 5.91 Å². The van der Waals surface area contributed by atoms with E-state index < -0.39 is 0 Å². The van der Waals surface area contributed by atoms with E-state index in [9.17, 15) is 4.79 Å². The Morgan fingerprint density at radius 1 is 1.47 bits per heavy atom. The number of rotatable bonds is 6. The Hall–Kier alpha value is -1.49. The summed E-state index contributed by atoms with van der Waals surface area (Å²) in [7, 11) is 0. The molecule has 94 valence electrons. The Balaban J connectivity index is 2.43. The van der Waals surface area contributed by atoms with Gasteiger partial charge in [-0.25, -0.2) is 4.98 Å². The Morgan fingerprint density at radius 2 is 2.24 bits per heavy atom. The van der Waals surface area contributed by atoms with Crippen LogP contribution < -0.4 is 11.1 Å². The molecule has 0 bridgehead atoms. The molecular formula is C12H20N4O. The molecule has 5 nitrogen and oxygen atoms in total. The van der Waals surface area contributed by atoms with Crippen molar-refractivity contribution in [1.82, 2.24) is 9.97 Å². The van der Waals surface area contributed by atoms with Crippen LogP contribution in [0.25, 0.3) is 0 Å². The minimum absolute atomic E-state index is 0.0541. The van der Waals surface area contributed by atoms with Crippen LogP contribution in [0, 0.1) is 11.8 Å². The molecule has 0 spiro atoms. The number of carbonyl (C=O) groups is 1. The monoisotopic (exact) mass is 236 g/mol. The summed E-state index contributed by atoms with van der Waals surface area (Å²) < 4.78 is 0. The molecule has 0 aliphatic carbocycles. The lowest BCUT2D eigenvalue weighted by atomic mass is 9.94. The SMILES string of the molecule is CC(C)C[C@H](CN)CC(=O)Nc1cnccn1. The largest absolute Gasteiger partial charge is 0.330 e. The molecule has 0 fully saturated rings. The lowest BCUT2D eigenvalue weighted by Gasteiger charge is -2.16. The minimum atomic E-state index is -0.0541. The van der Waals surface area contributed by atoms with Gasteiger partial charge >= 0.3 is 0 Å². The van der Waals surface area contributed by atoms with Gasteiger partial charge in [-0.05, 0) is 24.8 Å². The molecule has 3 N–H and O–H groups in total. The van der Waals surface area contributed by atoms with E-state index in [1.54, 1.807) is 12.4 Å². The quantitative estimate of drug-likeness (QED) is 0.782. The fourth-order valence-electron chi connectivity index (χ4n) is 1.75. The second-order valence-corrected chi connectivity index (χ2v) is 4.57. The van der Waals surface area contributed by atoms with Crippen molar-refractivity contribution >= 4 is 11.7 Å². The Morgan fingerprint density at radius 3 is 2.76 bits per heavy atom. The Kier molecular flexibility index (Phi) is 5.56. The highest BCUT2D eigenvalue weighted by atomic mass is 16.1. The number of hydrogen-bond acceptors (Lipinski definition) is 4. The van der Waals surface area contributed by atoms with E-state index in [4.69, 9.17) is 5.73 Å². The van der Waals surface area contributed by atoms with E-state index in [0.29, 0.717) is 24.7 Å². The summed E-state index contributed by atoms with van der Waals surface area (Å²) in [5, 5.41) is 2.71. The zero-order valence-corrected chi connectivity index (χ0v) is 10.4. The third-order valence-electron chi connectivity index (χ3n) is 2.44. The number of nitrogens with two attached hydrogens (primary N) is 1. The summed E-state index contributed by atoms with van der Waals surface area (Å²) in [4.78, 5) is 19.6. The number of nitrogens with zero attached hydrogens (tertiary/aromatic N) is 2. The molecule has 1 amide bonds. The second-order valence-electron chi connectivity index (χ2n) is 4.57. The lowest BCUT2D eigenvalue weighted by Crippen LogP contribution is -2.23. The summed E-state index contributed by atoms with van der Waals surface area (Å²) in [5.74, 6) is 1.21. The van der Waals surface area contributed by atoms with Crippen molar-refractivity contribution in [2.24, 2.45) is 17.6 Å². The van der Waals surface area contributed by atoms with E-state index in [1.807, 2.05) is 0 Å². The Bertz CT molecular complexity index is 340. The zero-order valence-electron chi connectivity index (χ0n) is 10.4. The van der Waals surface area contributed by atoms with Gasteiger partial charge in [0.1, 0.15) is 0 Å². The van der Waals surface area contributed by atoms with Crippen LogP contribution >= 0.6 is 0 Å². The van der Waals surface area contributed by atoms with Crippen LogP contribution in [-0.2, 0) is 4.79 Å². The van der Waals surface area contributed by atoms with Crippen molar-refractivity contribution in [1.29, 1.82) is 0 Å². The minimum Gasteiger partial charge on any atom is -0.330 e. The van der Waals surface area contributed by atoms with Gasteiger partial charge in [-0.1, -0.05) is 13.8 Å². The first kappa shape index (κ1) is 13.6. The van der Waals surface area contributed by atoms with Crippen LogP contribution in [0.4, 0.5) is 5.82 Å². The maximum atomic E-state index is 11.7. The topological polar surface area (TPSA) is 80.9 Å². The number of amides is 1. The maximum Gasteiger partial charge on any atom is 0.225 e. The van der Waals surface area contributed by atoms with E-state index in [1.165, 1.54) is 6.20 Å². The van der Waals surface area contributed by atoms with Gasteiger partial charge in [0.25, 0.3) is 0 Å². The highest BCUT2D eigenvalue weighted by molar-refractivity contribution is 5.89. The normalized spacial score (nSPS) is 12.5. The maximum absolute atomic E-state index is 11.7. The van der Waals surface area contributed by atoms with Crippen LogP contribution in [0.1, 0.15) is 26.7 Å². The number of aromatic nitrogens is 2.